The standard InChI is InChI=1S/C20H25N3O3/c1-13-10-23(11-14-4-3-5-16(8-14)25-2)12-18(13)21-20(24)17-9-19(26-22-17)15-6-7-15/h3-5,8-9,13,15,18H,6-7,10-12H2,1-2H3,(H,21,24). The minimum absolute atomic E-state index is 0.120. The van der Waals surface area contributed by atoms with Crippen LogP contribution in [0.1, 0.15) is 47.5 Å². The molecule has 1 saturated heterocycles. The van der Waals surface area contributed by atoms with E-state index in [9.17, 15) is 4.79 Å². The minimum atomic E-state index is -0.138. The third-order valence-electron chi connectivity index (χ3n) is 5.29. The van der Waals surface area contributed by atoms with E-state index in [0.717, 1.165) is 44.0 Å². The summed E-state index contributed by atoms with van der Waals surface area (Å²) in [5, 5.41) is 7.06. The van der Waals surface area contributed by atoms with Gasteiger partial charge in [-0.25, -0.2) is 0 Å². The van der Waals surface area contributed by atoms with Crippen molar-refractivity contribution >= 4 is 5.91 Å². The molecule has 6 nitrogen and oxygen atoms in total. The Hall–Kier alpha value is -2.34. The molecule has 0 spiro atoms. The number of rotatable bonds is 6. The second-order valence-electron chi connectivity index (χ2n) is 7.49. The number of hydrogen-bond acceptors (Lipinski definition) is 5. The number of methoxy groups -OCH3 is 1. The highest BCUT2D eigenvalue weighted by Crippen LogP contribution is 2.40. The molecule has 138 valence electrons. The molecule has 0 bridgehead atoms. The van der Waals surface area contributed by atoms with Crippen LogP contribution in [0.4, 0.5) is 0 Å². The van der Waals surface area contributed by atoms with Gasteiger partial charge >= 0.3 is 0 Å². The van der Waals surface area contributed by atoms with Crippen LogP contribution in [0, 0.1) is 5.92 Å². The highest BCUT2D eigenvalue weighted by Gasteiger charge is 2.33. The van der Waals surface area contributed by atoms with E-state index in [0.29, 0.717) is 17.5 Å². The Morgan fingerprint density at radius 1 is 1.35 bits per heavy atom. The van der Waals surface area contributed by atoms with Crippen LogP contribution in [-0.4, -0.2) is 42.2 Å². The predicted octanol–water partition coefficient (Wildman–Crippen LogP) is 2.81. The van der Waals surface area contributed by atoms with Crippen molar-refractivity contribution in [3.63, 3.8) is 0 Å². The largest absolute Gasteiger partial charge is 0.497 e. The molecule has 0 radical (unpaired) electrons. The lowest BCUT2D eigenvalue weighted by molar-refractivity contribution is 0.0922. The lowest BCUT2D eigenvalue weighted by atomic mass is 10.1. The van der Waals surface area contributed by atoms with E-state index in [1.54, 1.807) is 13.2 Å². The maximum absolute atomic E-state index is 12.5. The Morgan fingerprint density at radius 2 is 2.19 bits per heavy atom. The van der Waals surface area contributed by atoms with Gasteiger partial charge in [0.15, 0.2) is 5.69 Å². The smallest absolute Gasteiger partial charge is 0.273 e. The molecule has 2 aliphatic rings. The molecule has 1 amide bonds. The van der Waals surface area contributed by atoms with E-state index in [2.05, 4.69) is 34.4 Å². The molecule has 1 aliphatic heterocycles. The number of aromatic nitrogens is 1. The molecule has 2 atom stereocenters. The fourth-order valence-corrected chi connectivity index (χ4v) is 3.61. The number of carbonyl (C=O) groups is 1. The number of likely N-dealkylation sites (tertiary alicyclic amines) is 1. The molecular weight excluding hydrogens is 330 g/mol. The van der Waals surface area contributed by atoms with Crippen molar-refractivity contribution in [2.45, 2.75) is 38.3 Å². The van der Waals surface area contributed by atoms with Gasteiger partial charge in [0.05, 0.1) is 7.11 Å². The summed E-state index contributed by atoms with van der Waals surface area (Å²) in [6, 6.07) is 10.0. The SMILES string of the molecule is COc1cccc(CN2CC(C)C(NC(=O)c3cc(C4CC4)on3)C2)c1. The van der Waals surface area contributed by atoms with Crippen molar-refractivity contribution in [3.05, 3.63) is 47.3 Å². The Labute approximate surface area is 153 Å². The Kier molecular flexibility index (Phi) is 4.68. The van der Waals surface area contributed by atoms with Gasteiger partial charge in [-0.05, 0) is 36.5 Å². The van der Waals surface area contributed by atoms with E-state index in [1.807, 2.05) is 12.1 Å². The normalized spacial score (nSPS) is 23.2. The number of benzene rings is 1. The Balaban J connectivity index is 1.34. The molecular formula is C20H25N3O3. The third-order valence-corrected chi connectivity index (χ3v) is 5.29. The van der Waals surface area contributed by atoms with Gasteiger partial charge in [0.25, 0.3) is 5.91 Å². The fourth-order valence-electron chi connectivity index (χ4n) is 3.61. The summed E-state index contributed by atoms with van der Waals surface area (Å²) in [7, 11) is 1.68. The molecule has 4 rings (SSSR count). The van der Waals surface area contributed by atoms with Crippen molar-refractivity contribution in [2.75, 3.05) is 20.2 Å². The van der Waals surface area contributed by atoms with Crippen molar-refractivity contribution in [3.8, 4) is 5.75 Å². The monoisotopic (exact) mass is 355 g/mol. The van der Waals surface area contributed by atoms with Gasteiger partial charge in [0, 0.05) is 37.7 Å². The fraction of sp³-hybridized carbons (Fsp3) is 0.500. The zero-order valence-corrected chi connectivity index (χ0v) is 15.3. The van der Waals surface area contributed by atoms with Crippen LogP contribution in [0.25, 0.3) is 0 Å². The molecule has 1 aromatic carbocycles. The number of ether oxygens (including phenoxy) is 1. The van der Waals surface area contributed by atoms with Crippen molar-refractivity contribution in [2.24, 2.45) is 5.92 Å². The molecule has 1 aromatic heterocycles. The number of amides is 1. The lowest BCUT2D eigenvalue weighted by Crippen LogP contribution is -2.39. The summed E-state index contributed by atoms with van der Waals surface area (Å²) in [5.74, 6) is 2.43. The van der Waals surface area contributed by atoms with Gasteiger partial charge < -0.3 is 14.6 Å². The van der Waals surface area contributed by atoms with Gasteiger partial charge in [0.1, 0.15) is 11.5 Å². The molecule has 1 saturated carbocycles. The summed E-state index contributed by atoms with van der Waals surface area (Å²) in [4.78, 5) is 14.8. The summed E-state index contributed by atoms with van der Waals surface area (Å²) < 4.78 is 10.6. The Morgan fingerprint density at radius 3 is 2.96 bits per heavy atom. The predicted molar refractivity (Wildman–Crippen MR) is 97.2 cm³/mol. The van der Waals surface area contributed by atoms with Crippen molar-refractivity contribution in [1.29, 1.82) is 0 Å². The molecule has 1 N–H and O–H groups in total. The molecule has 1 aliphatic carbocycles. The van der Waals surface area contributed by atoms with E-state index >= 15 is 0 Å². The molecule has 2 unspecified atom stereocenters. The number of nitrogens with zero attached hydrogens (tertiary/aromatic N) is 2. The average molecular weight is 355 g/mol. The number of carbonyl (C=O) groups excluding carboxylic acids is 1. The molecule has 2 aromatic rings. The Bertz CT molecular complexity index is 784. The van der Waals surface area contributed by atoms with E-state index in [4.69, 9.17) is 9.26 Å². The quantitative estimate of drug-likeness (QED) is 0.863. The van der Waals surface area contributed by atoms with Crippen LogP contribution < -0.4 is 10.1 Å². The van der Waals surface area contributed by atoms with E-state index in [-0.39, 0.29) is 11.9 Å². The zero-order valence-electron chi connectivity index (χ0n) is 15.3. The second-order valence-corrected chi connectivity index (χ2v) is 7.49. The first-order chi connectivity index (χ1) is 12.6. The van der Waals surface area contributed by atoms with Gasteiger partial charge in [-0.3, -0.25) is 9.69 Å². The van der Waals surface area contributed by atoms with Crippen LogP contribution >= 0.6 is 0 Å². The van der Waals surface area contributed by atoms with Gasteiger partial charge in [0.2, 0.25) is 0 Å². The van der Waals surface area contributed by atoms with Crippen LogP contribution in [-0.2, 0) is 6.54 Å². The average Bonchev–Trinajstić information content (AvgIpc) is 3.27. The topological polar surface area (TPSA) is 67.6 Å². The number of hydrogen-bond donors (Lipinski definition) is 1. The van der Waals surface area contributed by atoms with Crippen LogP contribution in [0.3, 0.4) is 0 Å². The highest BCUT2D eigenvalue weighted by atomic mass is 16.5. The summed E-state index contributed by atoms with van der Waals surface area (Å²) >= 11 is 0. The zero-order chi connectivity index (χ0) is 18.1. The molecule has 6 heteroatoms. The van der Waals surface area contributed by atoms with Crippen LogP contribution in [0.2, 0.25) is 0 Å². The van der Waals surface area contributed by atoms with E-state index in [1.165, 1.54) is 5.56 Å². The maximum atomic E-state index is 12.5. The summed E-state index contributed by atoms with van der Waals surface area (Å²) in [5.41, 5.74) is 1.61. The first-order valence-electron chi connectivity index (χ1n) is 9.25. The van der Waals surface area contributed by atoms with Crippen molar-refractivity contribution in [1.82, 2.24) is 15.4 Å². The van der Waals surface area contributed by atoms with E-state index < -0.39 is 0 Å². The van der Waals surface area contributed by atoms with Crippen LogP contribution in [0.15, 0.2) is 34.9 Å². The second kappa shape index (κ2) is 7.11. The molecule has 2 heterocycles. The van der Waals surface area contributed by atoms with Gasteiger partial charge in [-0.15, -0.1) is 0 Å². The summed E-state index contributed by atoms with van der Waals surface area (Å²) in [6.45, 7) is 4.81. The van der Waals surface area contributed by atoms with Gasteiger partial charge in [-0.1, -0.05) is 24.2 Å². The number of nitrogens with one attached hydrogen (secondary N) is 1. The van der Waals surface area contributed by atoms with Crippen molar-refractivity contribution < 1.29 is 14.1 Å². The third kappa shape index (κ3) is 3.75. The maximum Gasteiger partial charge on any atom is 0.273 e. The highest BCUT2D eigenvalue weighted by molar-refractivity contribution is 5.92. The molecule has 2 fully saturated rings. The lowest BCUT2D eigenvalue weighted by Gasteiger charge is -2.17. The first-order valence-corrected chi connectivity index (χ1v) is 9.25. The summed E-state index contributed by atoms with van der Waals surface area (Å²) in [6.07, 6.45) is 2.27. The molecule has 26 heavy (non-hydrogen) atoms. The van der Waals surface area contributed by atoms with Crippen LogP contribution in [0.5, 0.6) is 5.75 Å². The van der Waals surface area contributed by atoms with Gasteiger partial charge in [-0.2, -0.15) is 0 Å². The first kappa shape index (κ1) is 17.1. The minimum Gasteiger partial charge on any atom is -0.497 e.